The molecule has 0 radical (unpaired) electrons. The van der Waals surface area contributed by atoms with Crippen LogP contribution in [0.2, 0.25) is 5.02 Å². The van der Waals surface area contributed by atoms with Crippen molar-refractivity contribution in [2.24, 2.45) is 0 Å². The van der Waals surface area contributed by atoms with Crippen molar-refractivity contribution in [3.63, 3.8) is 0 Å². The third kappa shape index (κ3) is 4.27. The molecule has 0 bridgehead atoms. The standard InChI is InChI=1S/C20H19ClN2OS/c1-12-4-7-15(8-5-12)20-18(25-14(3)22-20)11-19(24)23-17-9-6-13(2)10-16(17)21/h4-10H,11H2,1-3H3,(H,23,24). The molecular formula is C20H19ClN2OS. The van der Waals surface area contributed by atoms with Crippen LogP contribution in [0.5, 0.6) is 0 Å². The zero-order valence-electron chi connectivity index (χ0n) is 14.4. The van der Waals surface area contributed by atoms with Crippen LogP contribution in [0.3, 0.4) is 0 Å². The maximum atomic E-state index is 12.5. The molecule has 0 spiro atoms. The summed E-state index contributed by atoms with van der Waals surface area (Å²) in [5.41, 5.74) is 4.81. The molecule has 25 heavy (non-hydrogen) atoms. The van der Waals surface area contributed by atoms with Crippen molar-refractivity contribution in [3.05, 3.63) is 68.5 Å². The number of halogens is 1. The zero-order valence-corrected chi connectivity index (χ0v) is 16.0. The first-order chi connectivity index (χ1) is 11.9. The molecule has 0 aliphatic heterocycles. The lowest BCUT2D eigenvalue weighted by Crippen LogP contribution is -2.14. The molecule has 0 unspecified atom stereocenters. The fourth-order valence-corrected chi connectivity index (χ4v) is 3.83. The summed E-state index contributed by atoms with van der Waals surface area (Å²) in [6.45, 7) is 5.97. The van der Waals surface area contributed by atoms with Crippen molar-refractivity contribution < 1.29 is 4.79 Å². The highest BCUT2D eigenvalue weighted by Gasteiger charge is 2.15. The highest BCUT2D eigenvalue weighted by Crippen LogP contribution is 2.29. The Morgan fingerprint density at radius 3 is 2.44 bits per heavy atom. The number of amides is 1. The molecule has 0 fully saturated rings. The van der Waals surface area contributed by atoms with Crippen LogP contribution in [-0.2, 0) is 11.2 Å². The van der Waals surface area contributed by atoms with Gasteiger partial charge in [-0.3, -0.25) is 4.79 Å². The number of rotatable bonds is 4. The Kier molecular flexibility index (Phi) is 5.21. The van der Waals surface area contributed by atoms with E-state index in [0.717, 1.165) is 26.7 Å². The molecule has 3 rings (SSSR count). The quantitative estimate of drug-likeness (QED) is 0.652. The Morgan fingerprint density at radius 1 is 1.08 bits per heavy atom. The van der Waals surface area contributed by atoms with Gasteiger partial charge < -0.3 is 5.32 Å². The minimum absolute atomic E-state index is 0.0947. The smallest absolute Gasteiger partial charge is 0.229 e. The van der Waals surface area contributed by atoms with Gasteiger partial charge in [0.25, 0.3) is 0 Å². The number of thiazole rings is 1. The lowest BCUT2D eigenvalue weighted by atomic mass is 10.1. The lowest BCUT2D eigenvalue weighted by molar-refractivity contribution is -0.115. The number of anilines is 1. The van der Waals surface area contributed by atoms with Gasteiger partial charge >= 0.3 is 0 Å². The zero-order chi connectivity index (χ0) is 18.0. The molecule has 1 heterocycles. The van der Waals surface area contributed by atoms with E-state index in [1.54, 1.807) is 11.3 Å². The van der Waals surface area contributed by atoms with E-state index in [1.165, 1.54) is 5.56 Å². The van der Waals surface area contributed by atoms with Gasteiger partial charge in [-0.1, -0.05) is 47.5 Å². The van der Waals surface area contributed by atoms with Gasteiger partial charge in [0.15, 0.2) is 0 Å². The van der Waals surface area contributed by atoms with Gasteiger partial charge in [0.2, 0.25) is 5.91 Å². The second-order valence-electron chi connectivity index (χ2n) is 6.08. The minimum Gasteiger partial charge on any atom is -0.324 e. The van der Waals surface area contributed by atoms with Crippen LogP contribution in [0, 0.1) is 20.8 Å². The third-order valence-corrected chi connectivity index (χ3v) is 5.13. The Morgan fingerprint density at radius 2 is 1.76 bits per heavy atom. The fourth-order valence-electron chi connectivity index (χ4n) is 2.59. The van der Waals surface area contributed by atoms with Gasteiger partial charge in [0, 0.05) is 10.4 Å². The van der Waals surface area contributed by atoms with E-state index >= 15 is 0 Å². The molecule has 0 atom stereocenters. The number of nitrogens with zero attached hydrogens (tertiary/aromatic N) is 1. The summed E-state index contributed by atoms with van der Waals surface area (Å²) in [6.07, 6.45) is 0.277. The summed E-state index contributed by atoms with van der Waals surface area (Å²) >= 11 is 7.75. The predicted octanol–water partition coefficient (Wildman–Crippen LogP) is 5.57. The average Bonchev–Trinajstić information content (AvgIpc) is 2.91. The number of carbonyl (C=O) groups excluding carboxylic acids is 1. The van der Waals surface area contributed by atoms with Gasteiger partial charge in [0.1, 0.15) is 0 Å². The van der Waals surface area contributed by atoms with E-state index in [2.05, 4.69) is 29.4 Å². The van der Waals surface area contributed by atoms with Gasteiger partial charge in [-0.05, 0) is 38.5 Å². The predicted molar refractivity (Wildman–Crippen MR) is 106 cm³/mol. The average molecular weight is 371 g/mol. The van der Waals surface area contributed by atoms with E-state index in [1.807, 2.05) is 44.2 Å². The Labute approximate surface area is 156 Å². The van der Waals surface area contributed by atoms with E-state index in [0.29, 0.717) is 10.7 Å². The summed E-state index contributed by atoms with van der Waals surface area (Å²) in [5.74, 6) is -0.0947. The Balaban J connectivity index is 1.81. The number of aryl methyl sites for hydroxylation is 3. The van der Waals surface area contributed by atoms with Crippen LogP contribution in [0.1, 0.15) is 21.0 Å². The fraction of sp³-hybridized carbons (Fsp3) is 0.200. The Hall–Kier alpha value is -2.17. The molecule has 0 saturated heterocycles. The first kappa shape index (κ1) is 17.6. The summed E-state index contributed by atoms with van der Waals surface area (Å²) in [7, 11) is 0. The lowest BCUT2D eigenvalue weighted by Gasteiger charge is -2.08. The van der Waals surface area contributed by atoms with Crippen LogP contribution in [-0.4, -0.2) is 10.9 Å². The van der Waals surface area contributed by atoms with Crippen LogP contribution >= 0.6 is 22.9 Å². The summed E-state index contributed by atoms with van der Waals surface area (Å²) in [5, 5.41) is 4.39. The maximum absolute atomic E-state index is 12.5. The third-order valence-electron chi connectivity index (χ3n) is 3.85. The van der Waals surface area contributed by atoms with E-state index < -0.39 is 0 Å². The summed E-state index contributed by atoms with van der Waals surface area (Å²) < 4.78 is 0. The van der Waals surface area contributed by atoms with Gasteiger partial charge in [-0.15, -0.1) is 11.3 Å². The largest absolute Gasteiger partial charge is 0.324 e. The van der Waals surface area contributed by atoms with E-state index in [9.17, 15) is 4.79 Å². The topological polar surface area (TPSA) is 42.0 Å². The second-order valence-corrected chi connectivity index (χ2v) is 7.77. The van der Waals surface area contributed by atoms with Crippen molar-refractivity contribution in [2.75, 3.05) is 5.32 Å². The molecule has 2 aromatic carbocycles. The van der Waals surface area contributed by atoms with Crippen molar-refractivity contribution in [1.29, 1.82) is 0 Å². The molecule has 0 saturated carbocycles. The van der Waals surface area contributed by atoms with Crippen molar-refractivity contribution in [1.82, 2.24) is 4.98 Å². The van der Waals surface area contributed by atoms with E-state index in [-0.39, 0.29) is 12.3 Å². The molecule has 128 valence electrons. The van der Waals surface area contributed by atoms with Gasteiger partial charge in [-0.2, -0.15) is 0 Å². The normalized spacial score (nSPS) is 10.7. The van der Waals surface area contributed by atoms with Crippen LogP contribution in [0.15, 0.2) is 42.5 Å². The first-order valence-corrected chi connectivity index (χ1v) is 9.21. The molecule has 0 aliphatic rings. The highest BCUT2D eigenvalue weighted by molar-refractivity contribution is 7.12. The molecule has 1 N–H and O–H groups in total. The molecule has 0 aliphatic carbocycles. The number of hydrogen-bond acceptors (Lipinski definition) is 3. The van der Waals surface area contributed by atoms with Crippen molar-refractivity contribution in [2.45, 2.75) is 27.2 Å². The number of hydrogen-bond donors (Lipinski definition) is 1. The SMILES string of the molecule is Cc1ccc(-c2nc(C)sc2CC(=O)Nc2ccc(C)cc2Cl)cc1. The van der Waals surface area contributed by atoms with Crippen LogP contribution < -0.4 is 5.32 Å². The Bertz CT molecular complexity index is 916. The van der Waals surface area contributed by atoms with Crippen molar-refractivity contribution in [3.8, 4) is 11.3 Å². The summed E-state index contributed by atoms with van der Waals surface area (Å²) in [4.78, 5) is 18.0. The maximum Gasteiger partial charge on any atom is 0.229 e. The van der Waals surface area contributed by atoms with Gasteiger partial charge in [-0.25, -0.2) is 4.98 Å². The van der Waals surface area contributed by atoms with Crippen molar-refractivity contribution >= 4 is 34.5 Å². The monoisotopic (exact) mass is 370 g/mol. The molecule has 1 amide bonds. The number of carbonyl (C=O) groups is 1. The molecule has 5 heteroatoms. The molecule has 1 aromatic heterocycles. The molecular weight excluding hydrogens is 352 g/mol. The number of benzene rings is 2. The minimum atomic E-state index is -0.0947. The van der Waals surface area contributed by atoms with E-state index in [4.69, 9.17) is 11.6 Å². The second kappa shape index (κ2) is 7.38. The molecule has 3 aromatic rings. The first-order valence-electron chi connectivity index (χ1n) is 8.02. The summed E-state index contributed by atoms with van der Waals surface area (Å²) in [6, 6.07) is 13.8. The highest BCUT2D eigenvalue weighted by atomic mass is 35.5. The number of nitrogens with one attached hydrogen (secondary N) is 1. The molecule has 3 nitrogen and oxygen atoms in total. The van der Waals surface area contributed by atoms with Gasteiger partial charge in [0.05, 0.1) is 27.8 Å². The van der Waals surface area contributed by atoms with Crippen LogP contribution in [0.25, 0.3) is 11.3 Å². The van der Waals surface area contributed by atoms with Crippen LogP contribution in [0.4, 0.5) is 5.69 Å². The number of aromatic nitrogens is 1.